The van der Waals surface area contributed by atoms with Gasteiger partial charge in [-0.15, -0.1) is 0 Å². The van der Waals surface area contributed by atoms with E-state index < -0.39 is 0 Å². The predicted molar refractivity (Wildman–Crippen MR) is 112 cm³/mol. The Labute approximate surface area is 170 Å². The molecule has 1 heterocycles. The first kappa shape index (κ1) is 18.9. The van der Waals surface area contributed by atoms with Gasteiger partial charge in [-0.2, -0.15) is 4.98 Å². The van der Waals surface area contributed by atoms with E-state index in [1.807, 2.05) is 67.6 Å². The second-order valence-corrected chi connectivity index (χ2v) is 6.60. The molecule has 146 valence electrons. The normalized spacial score (nSPS) is 11.0. The molecule has 4 aromatic rings. The molecule has 0 saturated heterocycles. The summed E-state index contributed by atoms with van der Waals surface area (Å²) < 4.78 is 10.9. The molecule has 0 radical (unpaired) electrons. The lowest BCUT2D eigenvalue weighted by Crippen LogP contribution is -2.22. The fourth-order valence-electron chi connectivity index (χ4n) is 3.22. The first-order valence-corrected chi connectivity index (χ1v) is 9.72. The van der Waals surface area contributed by atoms with Gasteiger partial charge in [0.2, 0.25) is 11.7 Å². The number of benzene rings is 3. The SMILES string of the molecule is CCOc1ccc(-c2noc(CNC(c3ccccc3)c3ccccc3)n2)cc1. The fourth-order valence-corrected chi connectivity index (χ4v) is 3.22. The van der Waals surface area contributed by atoms with Crippen LogP contribution in [0.15, 0.2) is 89.5 Å². The molecule has 0 aliphatic heterocycles. The van der Waals surface area contributed by atoms with Crippen LogP contribution < -0.4 is 10.1 Å². The monoisotopic (exact) mass is 385 g/mol. The highest BCUT2D eigenvalue weighted by atomic mass is 16.5. The van der Waals surface area contributed by atoms with Gasteiger partial charge in [-0.3, -0.25) is 5.32 Å². The van der Waals surface area contributed by atoms with E-state index in [0.717, 1.165) is 11.3 Å². The van der Waals surface area contributed by atoms with Gasteiger partial charge in [-0.05, 0) is 42.3 Å². The Bertz CT molecular complexity index is 975. The maximum absolute atomic E-state index is 5.48. The molecule has 1 N–H and O–H groups in total. The molecule has 4 rings (SSSR count). The van der Waals surface area contributed by atoms with E-state index in [4.69, 9.17) is 9.26 Å². The van der Waals surface area contributed by atoms with Crippen LogP contribution in [-0.2, 0) is 6.54 Å². The summed E-state index contributed by atoms with van der Waals surface area (Å²) in [6.45, 7) is 3.07. The summed E-state index contributed by atoms with van der Waals surface area (Å²) in [5.74, 6) is 1.95. The summed E-state index contributed by atoms with van der Waals surface area (Å²) in [4.78, 5) is 4.53. The number of nitrogens with one attached hydrogen (secondary N) is 1. The van der Waals surface area contributed by atoms with E-state index in [0.29, 0.717) is 24.9 Å². The first-order valence-electron chi connectivity index (χ1n) is 9.72. The zero-order valence-electron chi connectivity index (χ0n) is 16.3. The Morgan fingerprint density at radius 2 is 1.48 bits per heavy atom. The summed E-state index contributed by atoms with van der Waals surface area (Å²) in [5, 5.41) is 7.66. The van der Waals surface area contributed by atoms with Crippen LogP contribution in [0.4, 0.5) is 0 Å². The average molecular weight is 385 g/mol. The Hall–Kier alpha value is -3.44. The lowest BCUT2D eigenvalue weighted by molar-refractivity contribution is 0.340. The fraction of sp³-hybridized carbons (Fsp3) is 0.167. The van der Waals surface area contributed by atoms with Gasteiger partial charge in [0.05, 0.1) is 19.2 Å². The topological polar surface area (TPSA) is 60.2 Å². The second-order valence-electron chi connectivity index (χ2n) is 6.60. The van der Waals surface area contributed by atoms with Gasteiger partial charge in [-0.1, -0.05) is 65.8 Å². The summed E-state index contributed by atoms with van der Waals surface area (Å²) in [6, 6.07) is 28.4. The van der Waals surface area contributed by atoms with Crippen LogP contribution in [0.3, 0.4) is 0 Å². The smallest absolute Gasteiger partial charge is 0.240 e. The van der Waals surface area contributed by atoms with Crippen LogP contribution in [0.2, 0.25) is 0 Å². The van der Waals surface area contributed by atoms with E-state index in [1.165, 1.54) is 11.1 Å². The molecule has 0 atom stereocenters. The van der Waals surface area contributed by atoms with Crippen molar-refractivity contribution >= 4 is 0 Å². The highest BCUT2D eigenvalue weighted by Crippen LogP contribution is 2.23. The van der Waals surface area contributed by atoms with Crippen LogP contribution in [0.5, 0.6) is 5.75 Å². The molecule has 0 unspecified atom stereocenters. The van der Waals surface area contributed by atoms with E-state index in [-0.39, 0.29) is 6.04 Å². The first-order chi connectivity index (χ1) is 14.3. The Balaban J connectivity index is 1.48. The van der Waals surface area contributed by atoms with Gasteiger partial charge in [0.25, 0.3) is 0 Å². The maximum Gasteiger partial charge on any atom is 0.240 e. The van der Waals surface area contributed by atoms with E-state index in [9.17, 15) is 0 Å². The Kier molecular flexibility index (Phi) is 5.98. The quantitative estimate of drug-likeness (QED) is 0.462. The number of hydrogen-bond acceptors (Lipinski definition) is 5. The Morgan fingerprint density at radius 1 is 0.862 bits per heavy atom. The lowest BCUT2D eigenvalue weighted by Gasteiger charge is -2.18. The summed E-state index contributed by atoms with van der Waals surface area (Å²) >= 11 is 0. The zero-order chi connectivity index (χ0) is 19.9. The molecule has 0 bridgehead atoms. The molecule has 0 spiro atoms. The summed E-state index contributed by atoms with van der Waals surface area (Å²) in [5.41, 5.74) is 3.26. The molecule has 29 heavy (non-hydrogen) atoms. The number of nitrogens with zero attached hydrogens (tertiary/aromatic N) is 2. The third-order valence-corrected chi connectivity index (χ3v) is 4.61. The largest absolute Gasteiger partial charge is 0.494 e. The van der Waals surface area contributed by atoms with Crippen molar-refractivity contribution in [2.75, 3.05) is 6.61 Å². The van der Waals surface area contributed by atoms with Gasteiger partial charge >= 0.3 is 0 Å². The van der Waals surface area contributed by atoms with Gasteiger partial charge in [0.1, 0.15) is 5.75 Å². The summed E-state index contributed by atoms with van der Waals surface area (Å²) in [7, 11) is 0. The molecule has 0 saturated carbocycles. The summed E-state index contributed by atoms with van der Waals surface area (Å²) in [6.07, 6.45) is 0. The van der Waals surface area contributed by atoms with Gasteiger partial charge < -0.3 is 9.26 Å². The second kappa shape index (κ2) is 9.17. The van der Waals surface area contributed by atoms with Crippen molar-refractivity contribution in [2.24, 2.45) is 0 Å². The van der Waals surface area contributed by atoms with Crippen molar-refractivity contribution in [1.29, 1.82) is 0 Å². The van der Waals surface area contributed by atoms with Gasteiger partial charge in [0.15, 0.2) is 0 Å². The minimum atomic E-state index is 0.0400. The van der Waals surface area contributed by atoms with Crippen molar-refractivity contribution in [1.82, 2.24) is 15.5 Å². The maximum atomic E-state index is 5.48. The minimum Gasteiger partial charge on any atom is -0.494 e. The number of hydrogen-bond donors (Lipinski definition) is 1. The standard InChI is InChI=1S/C24H23N3O2/c1-2-28-21-15-13-20(14-16-21)24-26-22(29-27-24)17-25-23(18-9-5-3-6-10-18)19-11-7-4-8-12-19/h3-16,23,25H,2,17H2,1H3. The zero-order valence-corrected chi connectivity index (χ0v) is 16.3. The highest BCUT2D eigenvalue weighted by Gasteiger charge is 2.15. The molecule has 0 fully saturated rings. The molecule has 0 aliphatic carbocycles. The van der Waals surface area contributed by atoms with E-state index in [1.54, 1.807) is 0 Å². The van der Waals surface area contributed by atoms with Crippen molar-refractivity contribution in [3.05, 3.63) is 102 Å². The van der Waals surface area contributed by atoms with Gasteiger partial charge in [0, 0.05) is 5.56 Å². The molecular formula is C24H23N3O2. The molecule has 5 nitrogen and oxygen atoms in total. The van der Waals surface area contributed by atoms with Crippen LogP contribution >= 0.6 is 0 Å². The third-order valence-electron chi connectivity index (χ3n) is 4.61. The number of rotatable bonds is 8. The van der Waals surface area contributed by atoms with Gasteiger partial charge in [-0.25, -0.2) is 0 Å². The molecule has 1 aromatic heterocycles. The highest BCUT2D eigenvalue weighted by molar-refractivity contribution is 5.55. The van der Waals surface area contributed by atoms with Crippen molar-refractivity contribution in [2.45, 2.75) is 19.5 Å². The van der Waals surface area contributed by atoms with Crippen LogP contribution in [0.25, 0.3) is 11.4 Å². The Morgan fingerprint density at radius 3 is 2.07 bits per heavy atom. The molecule has 0 aliphatic rings. The number of aromatic nitrogens is 2. The third kappa shape index (κ3) is 4.70. The molecule has 0 amide bonds. The van der Waals surface area contributed by atoms with Crippen molar-refractivity contribution < 1.29 is 9.26 Å². The van der Waals surface area contributed by atoms with Crippen molar-refractivity contribution in [3.63, 3.8) is 0 Å². The van der Waals surface area contributed by atoms with Crippen LogP contribution in [-0.4, -0.2) is 16.7 Å². The average Bonchev–Trinajstić information content (AvgIpc) is 3.25. The number of ether oxygens (including phenoxy) is 1. The van der Waals surface area contributed by atoms with Crippen LogP contribution in [0, 0.1) is 0 Å². The minimum absolute atomic E-state index is 0.0400. The lowest BCUT2D eigenvalue weighted by atomic mass is 9.99. The predicted octanol–water partition coefficient (Wildman–Crippen LogP) is 5.01. The van der Waals surface area contributed by atoms with E-state index in [2.05, 4.69) is 39.7 Å². The van der Waals surface area contributed by atoms with Crippen LogP contribution in [0.1, 0.15) is 30.0 Å². The molecular weight excluding hydrogens is 362 g/mol. The molecule has 5 heteroatoms. The van der Waals surface area contributed by atoms with Crippen molar-refractivity contribution in [3.8, 4) is 17.1 Å². The molecule has 3 aromatic carbocycles. The van der Waals surface area contributed by atoms with E-state index >= 15 is 0 Å².